The van der Waals surface area contributed by atoms with Gasteiger partial charge in [0, 0.05) is 11.1 Å². The first-order valence-corrected chi connectivity index (χ1v) is 9.38. The topological polar surface area (TPSA) is 26.3 Å². The lowest BCUT2D eigenvalue weighted by molar-refractivity contribution is -0.131. The molecule has 0 unspecified atom stereocenters. The van der Waals surface area contributed by atoms with Crippen molar-refractivity contribution in [2.45, 2.75) is 72.6 Å². The van der Waals surface area contributed by atoms with Gasteiger partial charge in [-0.15, -0.1) is 0 Å². The Morgan fingerprint density at radius 3 is 2.00 bits per heavy atom. The number of ether oxygens (including phenoxy) is 1. The van der Waals surface area contributed by atoms with Gasteiger partial charge in [-0.1, -0.05) is 65.8 Å². The van der Waals surface area contributed by atoms with E-state index in [1.165, 1.54) is 27.8 Å². The van der Waals surface area contributed by atoms with E-state index in [-0.39, 0.29) is 16.8 Å². The zero-order valence-corrected chi connectivity index (χ0v) is 17.3. The summed E-state index contributed by atoms with van der Waals surface area (Å²) in [5.74, 6) is 0.630. The van der Waals surface area contributed by atoms with Crippen molar-refractivity contribution in [3.63, 3.8) is 0 Å². The van der Waals surface area contributed by atoms with Gasteiger partial charge in [-0.2, -0.15) is 0 Å². The molecule has 0 aromatic heterocycles. The molecule has 1 aliphatic heterocycles. The van der Waals surface area contributed by atoms with E-state index in [4.69, 9.17) is 4.74 Å². The van der Waals surface area contributed by atoms with Crippen LogP contribution in [0.1, 0.15) is 69.4 Å². The largest absolute Gasteiger partial charge is 0.426 e. The highest BCUT2D eigenvalue weighted by atomic mass is 16.5. The normalized spacial score (nSPS) is 14.4. The molecule has 0 saturated carbocycles. The summed E-state index contributed by atoms with van der Waals surface area (Å²) in [6, 6.07) is 8.84. The van der Waals surface area contributed by atoms with Gasteiger partial charge in [0.1, 0.15) is 5.75 Å². The third kappa shape index (κ3) is 3.18. The molecule has 0 atom stereocenters. The number of carbonyl (C=O) groups is 1. The molecule has 0 radical (unpaired) electrons. The molecule has 0 bridgehead atoms. The number of hydrogen-bond acceptors (Lipinski definition) is 2. The van der Waals surface area contributed by atoms with Crippen LogP contribution in [0, 0.1) is 13.8 Å². The maximum atomic E-state index is 12.2. The first-order valence-electron chi connectivity index (χ1n) is 9.38. The van der Waals surface area contributed by atoms with Crippen LogP contribution in [0.25, 0.3) is 11.1 Å². The summed E-state index contributed by atoms with van der Waals surface area (Å²) in [7, 11) is 0. The number of aryl methyl sites for hydroxylation is 2. The summed E-state index contributed by atoms with van der Waals surface area (Å²) in [5.41, 5.74) is 8.23. The molecule has 2 nitrogen and oxygen atoms in total. The van der Waals surface area contributed by atoms with Crippen LogP contribution in [-0.4, -0.2) is 5.97 Å². The zero-order chi connectivity index (χ0) is 19.4. The highest BCUT2D eigenvalue weighted by molar-refractivity contribution is 5.89. The van der Waals surface area contributed by atoms with Gasteiger partial charge >= 0.3 is 5.97 Å². The molecule has 0 saturated heterocycles. The molecule has 2 aromatic rings. The first kappa shape index (κ1) is 18.7. The number of esters is 1. The highest BCUT2D eigenvalue weighted by Crippen LogP contribution is 2.47. The average molecular weight is 351 g/mol. The smallest absolute Gasteiger partial charge is 0.315 e. The van der Waals surface area contributed by atoms with Crippen molar-refractivity contribution in [3.8, 4) is 16.9 Å². The van der Waals surface area contributed by atoms with E-state index in [9.17, 15) is 4.79 Å². The van der Waals surface area contributed by atoms with Crippen molar-refractivity contribution in [2.75, 3.05) is 0 Å². The van der Waals surface area contributed by atoms with Crippen molar-refractivity contribution in [1.82, 2.24) is 0 Å². The standard InChI is InChI=1S/C24H30O2/c1-14-9-10-16(11-15(14)2)21-17-12-20(25)26-22(17)19(24(6,7)8)13-18(21)23(3,4)5/h9-11,13H,12H2,1-8H3. The number of rotatable bonds is 1. The molecule has 3 rings (SSSR count). The maximum Gasteiger partial charge on any atom is 0.315 e. The molecule has 0 N–H and O–H groups in total. The Bertz CT molecular complexity index is 890. The van der Waals surface area contributed by atoms with Crippen molar-refractivity contribution >= 4 is 5.97 Å². The fourth-order valence-electron chi connectivity index (χ4n) is 3.68. The number of carbonyl (C=O) groups excluding carboxylic acids is 1. The lowest BCUT2D eigenvalue weighted by Gasteiger charge is -2.30. The van der Waals surface area contributed by atoms with Crippen LogP contribution in [0.5, 0.6) is 5.75 Å². The average Bonchev–Trinajstić information content (AvgIpc) is 2.87. The molecule has 0 fully saturated rings. The number of benzene rings is 2. The Morgan fingerprint density at radius 2 is 1.46 bits per heavy atom. The van der Waals surface area contributed by atoms with E-state index in [2.05, 4.69) is 79.7 Å². The van der Waals surface area contributed by atoms with Gasteiger partial charge in [-0.05, 0) is 52.5 Å². The molecule has 138 valence electrons. The molecule has 1 aliphatic rings. The zero-order valence-electron chi connectivity index (χ0n) is 17.3. The quantitative estimate of drug-likeness (QED) is 0.464. The van der Waals surface area contributed by atoms with Gasteiger partial charge in [0.25, 0.3) is 0 Å². The Balaban J connectivity index is 2.41. The molecule has 2 aromatic carbocycles. The molecule has 0 amide bonds. The summed E-state index contributed by atoms with van der Waals surface area (Å²) in [4.78, 5) is 12.2. The maximum absolute atomic E-state index is 12.2. The SMILES string of the molecule is Cc1ccc(-c2c(C(C)(C)C)cc(C(C)(C)C)c3c2CC(=O)O3)cc1C. The second kappa shape index (κ2) is 5.97. The fourth-order valence-corrected chi connectivity index (χ4v) is 3.68. The Kier molecular flexibility index (Phi) is 4.29. The van der Waals surface area contributed by atoms with E-state index in [1.54, 1.807) is 0 Å². The molecule has 2 heteroatoms. The lowest BCUT2D eigenvalue weighted by atomic mass is 9.74. The molecular formula is C24H30O2. The summed E-state index contributed by atoms with van der Waals surface area (Å²) in [6.07, 6.45) is 0.352. The predicted octanol–water partition coefficient (Wildman–Crippen LogP) is 6.03. The number of fused-ring (bicyclic) bond motifs is 1. The van der Waals surface area contributed by atoms with E-state index in [0.29, 0.717) is 6.42 Å². The van der Waals surface area contributed by atoms with E-state index in [1.807, 2.05) is 0 Å². The van der Waals surface area contributed by atoms with Gasteiger partial charge in [-0.25, -0.2) is 0 Å². The van der Waals surface area contributed by atoms with Gasteiger partial charge in [0.2, 0.25) is 0 Å². The van der Waals surface area contributed by atoms with Crippen molar-refractivity contribution < 1.29 is 9.53 Å². The molecule has 1 heterocycles. The molecular weight excluding hydrogens is 320 g/mol. The third-order valence-electron chi connectivity index (χ3n) is 5.33. The second-order valence-corrected chi connectivity index (χ2v) is 9.60. The van der Waals surface area contributed by atoms with E-state index >= 15 is 0 Å². The minimum Gasteiger partial charge on any atom is -0.426 e. The first-order chi connectivity index (χ1) is 11.9. The molecule has 26 heavy (non-hydrogen) atoms. The number of hydrogen-bond donors (Lipinski definition) is 0. The Labute approximate surface area is 157 Å². The van der Waals surface area contributed by atoms with Gasteiger partial charge in [0.05, 0.1) is 6.42 Å². The van der Waals surface area contributed by atoms with Crippen LogP contribution in [0.2, 0.25) is 0 Å². The molecule has 0 aliphatic carbocycles. The fraction of sp³-hybridized carbons (Fsp3) is 0.458. The Hall–Kier alpha value is -2.09. The van der Waals surface area contributed by atoms with Crippen LogP contribution < -0.4 is 4.74 Å². The lowest BCUT2D eigenvalue weighted by Crippen LogP contribution is -2.19. The summed E-state index contributed by atoms with van der Waals surface area (Å²) < 4.78 is 5.71. The van der Waals surface area contributed by atoms with Crippen molar-refractivity contribution in [3.05, 3.63) is 52.1 Å². The summed E-state index contributed by atoms with van der Waals surface area (Å²) in [5, 5.41) is 0. The second-order valence-electron chi connectivity index (χ2n) is 9.60. The molecule has 0 spiro atoms. The third-order valence-corrected chi connectivity index (χ3v) is 5.33. The van der Waals surface area contributed by atoms with Crippen LogP contribution in [0.15, 0.2) is 24.3 Å². The Morgan fingerprint density at radius 1 is 0.846 bits per heavy atom. The van der Waals surface area contributed by atoms with Crippen molar-refractivity contribution in [2.24, 2.45) is 0 Å². The predicted molar refractivity (Wildman–Crippen MR) is 108 cm³/mol. The van der Waals surface area contributed by atoms with Gasteiger partial charge in [-0.3, -0.25) is 4.79 Å². The van der Waals surface area contributed by atoms with Crippen LogP contribution in [-0.2, 0) is 22.0 Å². The minimum atomic E-state index is -0.151. The van der Waals surface area contributed by atoms with Crippen molar-refractivity contribution in [1.29, 1.82) is 0 Å². The monoisotopic (exact) mass is 350 g/mol. The highest BCUT2D eigenvalue weighted by Gasteiger charge is 2.35. The van der Waals surface area contributed by atoms with Crippen LogP contribution in [0.3, 0.4) is 0 Å². The van der Waals surface area contributed by atoms with E-state index < -0.39 is 0 Å². The minimum absolute atomic E-state index is 0.0329. The summed E-state index contributed by atoms with van der Waals surface area (Å²) >= 11 is 0. The van der Waals surface area contributed by atoms with Crippen LogP contribution >= 0.6 is 0 Å². The summed E-state index contributed by atoms with van der Waals surface area (Å²) in [6.45, 7) is 17.5. The van der Waals surface area contributed by atoms with Gasteiger partial charge in [0.15, 0.2) is 0 Å². The van der Waals surface area contributed by atoms with Crippen LogP contribution in [0.4, 0.5) is 0 Å². The van der Waals surface area contributed by atoms with Gasteiger partial charge < -0.3 is 4.74 Å². The van der Waals surface area contributed by atoms with E-state index in [0.717, 1.165) is 16.9 Å².